The average Bonchev–Trinajstić information content (AvgIpc) is 2.59. The van der Waals surface area contributed by atoms with Gasteiger partial charge in [0.25, 0.3) is 5.91 Å². The molecule has 23 heavy (non-hydrogen) atoms. The predicted octanol–water partition coefficient (Wildman–Crippen LogP) is 1.88. The molecule has 6 heteroatoms. The fraction of sp³-hybridized carbons (Fsp3) is 0.588. The molecule has 6 nitrogen and oxygen atoms in total. The Balaban J connectivity index is 2.32. The molecule has 1 aliphatic rings. The molecule has 0 aliphatic carbocycles. The van der Waals surface area contributed by atoms with Gasteiger partial charge < -0.3 is 24.0 Å². The van der Waals surface area contributed by atoms with Gasteiger partial charge in [-0.05, 0) is 39.1 Å². The Hall–Kier alpha value is -1.95. The van der Waals surface area contributed by atoms with Crippen molar-refractivity contribution in [1.82, 2.24) is 9.80 Å². The Morgan fingerprint density at radius 1 is 1.13 bits per heavy atom. The van der Waals surface area contributed by atoms with E-state index in [-0.39, 0.29) is 5.91 Å². The number of hydrogen-bond donors (Lipinski definition) is 0. The van der Waals surface area contributed by atoms with Crippen LogP contribution in [0.25, 0.3) is 0 Å². The third kappa shape index (κ3) is 3.52. The van der Waals surface area contributed by atoms with Crippen LogP contribution in [-0.2, 0) is 0 Å². The number of ether oxygens (including phenoxy) is 3. The van der Waals surface area contributed by atoms with E-state index in [2.05, 4.69) is 19.0 Å². The van der Waals surface area contributed by atoms with Crippen molar-refractivity contribution >= 4 is 5.91 Å². The van der Waals surface area contributed by atoms with Crippen LogP contribution in [0.1, 0.15) is 23.2 Å². The molecule has 1 aromatic rings. The van der Waals surface area contributed by atoms with Gasteiger partial charge in [-0.25, -0.2) is 0 Å². The van der Waals surface area contributed by atoms with Crippen LogP contribution in [0, 0.1) is 0 Å². The van der Waals surface area contributed by atoms with Crippen molar-refractivity contribution in [2.45, 2.75) is 18.9 Å². The van der Waals surface area contributed by atoms with Crippen LogP contribution < -0.4 is 14.2 Å². The number of benzene rings is 1. The standard InChI is InChI=1S/C17H26N2O4/c1-18(2)12-7-6-10-19(11-12)17(20)13-8-9-14(21-3)16(23-5)15(13)22-4/h8-9,12H,6-7,10-11H2,1-5H3. The van der Waals surface area contributed by atoms with Gasteiger partial charge >= 0.3 is 0 Å². The van der Waals surface area contributed by atoms with Gasteiger partial charge in [0.1, 0.15) is 0 Å². The van der Waals surface area contributed by atoms with Gasteiger partial charge in [-0.2, -0.15) is 0 Å². The minimum absolute atomic E-state index is 0.0330. The number of piperidine rings is 1. The van der Waals surface area contributed by atoms with Gasteiger partial charge in [0.2, 0.25) is 5.75 Å². The predicted molar refractivity (Wildman–Crippen MR) is 88.7 cm³/mol. The zero-order valence-corrected chi connectivity index (χ0v) is 14.6. The molecule has 0 aromatic heterocycles. The highest BCUT2D eigenvalue weighted by Gasteiger charge is 2.29. The number of hydrogen-bond acceptors (Lipinski definition) is 5. The number of methoxy groups -OCH3 is 3. The minimum atomic E-state index is -0.0330. The molecular formula is C17H26N2O4. The third-order valence-electron chi connectivity index (χ3n) is 4.35. The van der Waals surface area contributed by atoms with Crippen LogP contribution >= 0.6 is 0 Å². The van der Waals surface area contributed by atoms with Crippen LogP contribution in [0.5, 0.6) is 17.2 Å². The van der Waals surface area contributed by atoms with Crippen molar-refractivity contribution in [2.75, 3.05) is 48.5 Å². The van der Waals surface area contributed by atoms with E-state index in [0.717, 1.165) is 25.9 Å². The maximum Gasteiger partial charge on any atom is 0.257 e. The van der Waals surface area contributed by atoms with Crippen LogP contribution in [0.4, 0.5) is 0 Å². The summed E-state index contributed by atoms with van der Waals surface area (Å²) in [5.74, 6) is 1.38. The second-order valence-corrected chi connectivity index (χ2v) is 5.89. The van der Waals surface area contributed by atoms with E-state index in [0.29, 0.717) is 28.9 Å². The Morgan fingerprint density at radius 2 is 1.83 bits per heavy atom. The van der Waals surface area contributed by atoms with Crippen molar-refractivity contribution in [3.63, 3.8) is 0 Å². The molecule has 2 rings (SSSR count). The van der Waals surface area contributed by atoms with E-state index < -0.39 is 0 Å². The van der Waals surface area contributed by atoms with Crippen molar-refractivity contribution < 1.29 is 19.0 Å². The smallest absolute Gasteiger partial charge is 0.257 e. The summed E-state index contributed by atoms with van der Waals surface area (Å²) >= 11 is 0. The minimum Gasteiger partial charge on any atom is -0.493 e. The molecule has 1 aliphatic heterocycles. The van der Waals surface area contributed by atoms with E-state index >= 15 is 0 Å². The number of likely N-dealkylation sites (tertiary alicyclic amines) is 1. The summed E-state index contributed by atoms with van der Waals surface area (Å²) in [7, 11) is 8.74. The molecular weight excluding hydrogens is 296 g/mol. The van der Waals surface area contributed by atoms with E-state index in [1.54, 1.807) is 19.2 Å². The Labute approximate surface area is 137 Å². The highest BCUT2D eigenvalue weighted by Crippen LogP contribution is 2.40. The molecule has 1 saturated heterocycles. The first-order valence-corrected chi connectivity index (χ1v) is 7.78. The highest BCUT2D eigenvalue weighted by molar-refractivity contribution is 5.98. The first-order chi connectivity index (χ1) is 11.0. The molecule has 0 radical (unpaired) electrons. The van der Waals surface area contributed by atoms with Gasteiger partial charge in [0.15, 0.2) is 11.5 Å². The maximum absolute atomic E-state index is 12.9. The summed E-state index contributed by atoms with van der Waals surface area (Å²) in [6.45, 7) is 1.49. The fourth-order valence-corrected chi connectivity index (χ4v) is 3.00. The summed E-state index contributed by atoms with van der Waals surface area (Å²) in [5, 5.41) is 0. The van der Waals surface area contributed by atoms with E-state index in [1.165, 1.54) is 14.2 Å². The molecule has 0 saturated carbocycles. The normalized spacial score (nSPS) is 18.0. The van der Waals surface area contributed by atoms with Crippen molar-refractivity contribution in [3.8, 4) is 17.2 Å². The molecule has 1 unspecified atom stereocenters. The van der Waals surface area contributed by atoms with Crippen LogP contribution in [0.2, 0.25) is 0 Å². The van der Waals surface area contributed by atoms with Crippen molar-refractivity contribution in [1.29, 1.82) is 0 Å². The monoisotopic (exact) mass is 322 g/mol. The lowest BCUT2D eigenvalue weighted by molar-refractivity contribution is 0.0631. The molecule has 0 spiro atoms. The number of carbonyl (C=O) groups excluding carboxylic acids is 1. The van der Waals surface area contributed by atoms with Crippen LogP contribution in [0.3, 0.4) is 0 Å². The van der Waals surface area contributed by atoms with E-state index in [9.17, 15) is 4.79 Å². The first kappa shape index (κ1) is 17.4. The highest BCUT2D eigenvalue weighted by atomic mass is 16.5. The Kier molecular flexibility index (Phi) is 5.71. The maximum atomic E-state index is 12.9. The summed E-state index contributed by atoms with van der Waals surface area (Å²) < 4.78 is 16.1. The zero-order chi connectivity index (χ0) is 17.0. The molecule has 1 aromatic carbocycles. The molecule has 128 valence electrons. The number of likely N-dealkylation sites (N-methyl/N-ethyl adjacent to an activating group) is 1. The molecule has 1 amide bonds. The Morgan fingerprint density at radius 3 is 2.39 bits per heavy atom. The number of nitrogens with zero attached hydrogens (tertiary/aromatic N) is 2. The topological polar surface area (TPSA) is 51.2 Å². The van der Waals surface area contributed by atoms with E-state index in [1.807, 2.05) is 4.90 Å². The first-order valence-electron chi connectivity index (χ1n) is 7.78. The summed E-state index contributed by atoms with van der Waals surface area (Å²) in [5.41, 5.74) is 0.504. The molecule has 1 fully saturated rings. The number of rotatable bonds is 5. The average molecular weight is 322 g/mol. The van der Waals surface area contributed by atoms with Gasteiger partial charge in [0.05, 0.1) is 26.9 Å². The quantitative estimate of drug-likeness (QED) is 0.828. The summed E-state index contributed by atoms with van der Waals surface area (Å²) in [6.07, 6.45) is 2.12. The Bertz CT molecular complexity index is 560. The third-order valence-corrected chi connectivity index (χ3v) is 4.35. The summed E-state index contributed by atoms with van der Waals surface area (Å²) in [4.78, 5) is 17.0. The lowest BCUT2D eigenvalue weighted by Gasteiger charge is -2.36. The number of amides is 1. The van der Waals surface area contributed by atoms with Crippen molar-refractivity contribution in [3.05, 3.63) is 17.7 Å². The van der Waals surface area contributed by atoms with Crippen molar-refractivity contribution in [2.24, 2.45) is 0 Å². The number of carbonyl (C=O) groups is 1. The van der Waals surface area contributed by atoms with Gasteiger partial charge in [-0.15, -0.1) is 0 Å². The van der Waals surface area contributed by atoms with Gasteiger partial charge in [0, 0.05) is 19.1 Å². The van der Waals surface area contributed by atoms with E-state index in [4.69, 9.17) is 14.2 Å². The molecule has 1 atom stereocenters. The molecule has 0 N–H and O–H groups in total. The van der Waals surface area contributed by atoms with Crippen LogP contribution in [0.15, 0.2) is 12.1 Å². The summed E-state index contributed by atoms with van der Waals surface area (Å²) in [6, 6.07) is 3.86. The zero-order valence-electron chi connectivity index (χ0n) is 14.6. The van der Waals surface area contributed by atoms with Gasteiger partial charge in [-0.1, -0.05) is 0 Å². The molecule has 1 heterocycles. The SMILES string of the molecule is COc1ccc(C(=O)N2CCCC(N(C)C)C2)c(OC)c1OC. The second-order valence-electron chi connectivity index (χ2n) is 5.89. The molecule has 0 bridgehead atoms. The van der Waals surface area contributed by atoms with Crippen LogP contribution in [-0.4, -0.2) is 70.3 Å². The lowest BCUT2D eigenvalue weighted by Crippen LogP contribution is -2.47. The largest absolute Gasteiger partial charge is 0.493 e. The lowest BCUT2D eigenvalue weighted by atomic mass is 10.0. The second kappa shape index (κ2) is 7.55. The fourth-order valence-electron chi connectivity index (χ4n) is 3.00. The van der Waals surface area contributed by atoms with Gasteiger partial charge in [-0.3, -0.25) is 4.79 Å².